The molecule has 0 atom stereocenters. The molecule has 0 fully saturated rings. The smallest absolute Gasteiger partial charge is 0.238 e. The Morgan fingerprint density at radius 1 is 1.15 bits per heavy atom. The third kappa shape index (κ3) is 3.76. The lowest BCUT2D eigenvalue weighted by atomic mass is 10.2. The van der Waals surface area contributed by atoms with Gasteiger partial charge in [-0.3, -0.25) is 0 Å². The van der Waals surface area contributed by atoms with Crippen molar-refractivity contribution in [2.45, 2.75) is 32.8 Å². The quantitative estimate of drug-likeness (QED) is 0.717. The van der Waals surface area contributed by atoms with E-state index in [2.05, 4.69) is 5.10 Å². The monoisotopic (exact) mass is 304 g/mol. The van der Waals surface area contributed by atoms with Gasteiger partial charge in [0.2, 0.25) is 0 Å². The van der Waals surface area contributed by atoms with Crippen LogP contribution in [0.5, 0.6) is 0 Å². The average molecular weight is 305 g/mol. The van der Waals surface area contributed by atoms with Crippen molar-refractivity contribution in [2.24, 2.45) is 0 Å². The Balaban J connectivity index is 0.000000956. The van der Waals surface area contributed by atoms with E-state index >= 15 is 0 Å². The molecule has 0 saturated heterocycles. The molecule has 2 nitrogen and oxygen atoms in total. The fourth-order valence-corrected chi connectivity index (χ4v) is 1.78. The molecule has 0 amide bonds. The molecule has 1 aromatic carbocycles. The van der Waals surface area contributed by atoms with Crippen LogP contribution in [0.4, 0.5) is 13.2 Å². The van der Waals surface area contributed by atoms with Crippen molar-refractivity contribution in [3.63, 3.8) is 0 Å². The van der Waals surface area contributed by atoms with Gasteiger partial charge in [0.1, 0.15) is 0 Å². The Hall–Kier alpha value is -1.49. The lowest BCUT2D eigenvalue weighted by molar-refractivity contribution is -0.141. The van der Waals surface area contributed by atoms with Crippen LogP contribution in [-0.4, -0.2) is 9.78 Å². The molecule has 0 aliphatic rings. The first kappa shape index (κ1) is 16.6. The Kier molecular flexibility index (Phi) is 5.62. The molecule has 110 valence electrons. The van der Waals surface area contributed by atoms with E-state index in [0.29, 0.717) is 17.3 Å². The molecule has 0 aliphatic carbocycles. The number of nitrogens with zero attached hydrogens (tertiary/aromatic N) is 2. The van der Waals surface area contributed by atoms with Crippen LogP contribution >= 0.6 is 11.6 Å². The van der Waals surface area contributed by atoms with Crippen molar-refractivity contribution < 1.29 is 13.2 Å². The second-order valence-corrected chi connectivity index (χ2v) is 4.15. The minimum absolute atomic E-state index is 0.367. The van der Waals surface area contributed by atoms with Crippen molar-refractivity contribution in [1.82, 2.24) is 9.78 Å². The lowest BCUT2D eigenvalue weighted by Gasteiger charge is -2.05. The minimum Gasteiger partial charge on any atom is -0.238 e. The van der Waals surface area contributed by atoms with E-state index in [1.54, 1.807) is 31.2 Å². The SMILES string of the molecule is CC.Cc1cc(C(F)(F)F)nn1-c1ccc(CCl)cc1. The van der Waals surface area contributed by atoms with Crippen molar-refractivity contribution in [3.05, 3.63) is 47.3 Å². The van der Waals surface area contributed by atoms with Crippen LogP contribution < -0.4 is 0 Å². The van der Waals surface area contributed by atoms with Gasteiger partial charge < -0.3 is 0 Å². The van der Waals surface area contributed by atoms with Gasteiger partial charge in [-0.15, -0.1) is 11.6 Å². The minimum atomic E-state index is -4.42. The van der Waals surface area contributed by atoms with Gasteiger partial charge >= 0.3 is 6.18 Å². The molecule has 2 rings (SSSR count). The van der Waals surface area contributed by atoms with Crippen molar-refractivity contribution in [3.8, 4) is 5.69 Å². The molecule has 1 aromatic heterocycles. The molecule has 0 N–H and O–H groups in total. The fourth-order valence-electron chi connectivity index (χ4n) is 1.60. The van der Waals surface area contributed by atoms with Crippen molar-refractivity contribution in [2.75, 3.05) is 0 Å². The maximum Gasteiger partial charge on any atom is 0.435 e. The first-order valence-electron chi connectivity index (χ1n) is 6.21. The predicted octanol–water partition coefficient (Wildman–Crippen LogP) is 4.96. The second-order valence-electron chi connectivity index (χ2n) is 3.88. The highest BCUT2D eigenvalue weighted by atomic mass is 35.5. The Labute approximate surface area is 121 Å². The topological polar surface area (TPSA) is 17.8 Å². The Morgan fingerprint density at radius 2 is 1.70 bits per heavy atom. The molecule has 0 unspecified atom stereocenters. The highest BCUT2D eigenvalue weighted by Crippen LogP contribution is 2.29. The standard InChI is InChI=1S/C12H10ClF3N2.C2H6/c1-8-6-11(12(14,15)16)17-18(8)10-4-2-9(7-13)3-5-10;1-2/h2-6H,7H2,1H3;1-2H3. The zero-order valence-corrected chi connectivity index (χ0v) is 12.3. The van der Waals surface area contributed by atoms with Crippen molar-refractivity contribution >= 4 is 11.6 Å². The maximum atomic E-state index is 12.5. The van der Waals surface area contributed by atoms with Gasteiger partial charge in [-0.25, -0.2) is 4.68 Å². The Bertz CT molecular complexity index is 545. The first-order valence-corrected chi connectivity index (χ1v) is 6.74. The molecule has 0 saturated carbocycles. The predicted molar refractivity (Wildman–Crippen MR) is 74.2 cm³/mol. The fraction of sp³-hybridized carbons (Fsp3) is 0.357. The molecule has 0 aliphatic heterocycles. The number of alkyl halides is 4. The summed E-state index contributed by atoms with van der Waals surface area (Å²) >= 11 is 5.65. The maximum absolute atomic E-state index is 12.5. The number of hydrogen-bond donors (Lipinski definition) is 0. The van der Waals surface area contributed by atoms with Crippen LogP contribution in [0.2, 0.25) is 0 Å². The summed E-state index contributed by atoms with van der Waals surface area (Å²) in [4.78, 5) is 0. The second kappa shape index (κ2) is 6.79. The van der Waals surface area contributed by atoms with E-state index < -0.39 is 11.9 Å². The molecular weight excluding hydrogens is 289 g/mol. The number of halogens is 4. The summed E-state index contributed by atoms with van der Waals surface area (Å²) in [7, 11) is 0. The number of aromatic nitrogens is 2. The summed E-state index contributed by atoms with van der Waals surface area (Å²) in [5, 5.41) is 3.57. The molecule has 2 aromatic rings. The highest BCUT2D eigenvalue weighted by molar-refractivity contribution is 6.17. The molecular formula is C14H16ClF3N2. The van der Waals surface area contributed by atoms with Crippen LogP contribution in [0.25, 0.3) is 5.69 Å². The van der Waals surface area contributed by atoms with E-state index in [4.69, 9.17) is 11.6 Å². The van der Waals surface area contributed by atoms with Crippen LogP contribution in [-0.2, 0) is 12.1 Å². The van der Waals surface area contributed by atoms with Gasteiger partial charge in [-0.05, 0) is 30.7 Å². The molecule has 6 heteroatoms. The molecule has 0 radical (unpaired) electrons. The third-order valence-electron chi connectivity index (χ3n) is 2.51. The van der Waals surface area contributed by atoms with Gasteiger partial charge in [-0.2, -0.15) is 18.3 Å². The first-order chi connectivity index (χ1) is 9.41. The van der Waals surface area contributed by atoms with Gasteiger partial charge in [0, 0.05) is 11.6 Å². The van der Waals surface area contributed by atoms with E-state index in [-0.39, 0.29) is 0 Å². The molecule has 1 heterocycles. The highest BCUT2D eigenvalue weighted by Gasteiger charge is 2.34. The Morgan fingerprint density at radius 3 is 2.10 bits per heavy atom. The van der Waals surface area contributed by atoms with Gasteiger partial charge in [0.25, 0.3) is 0 Å². The van der Waals surface area contributed by atoms with E-state index in [9.17, 15) is 13.2 Å². The zero-order chi connectivity index (χ0) is 15.3. The van der Waals surface area contributed by atoms with Gasteiger partial charge in [-0.1, -0.05) is 26.0 Å². The van der Waals surface area contributed by atoms with Crippen LogP contribution in [0.1, 0.15) is 30.8 Å². The lowest BCUT2D eigenvalue weighted by Crippen LogP contribution is -2.07. The van der Waals surface area contributed by atoms with E-state index in [0.717, 1.165) is 11.6 Å². The van der Waals surface area contributed by atoms with E-state index in [1.165, 1.54) is 4.68 Å². The largest absolute Gasteiger partial charge is 0.435 e. The number of benzene rings is 1. The average Bonchev–Trinajstić information content (AvgIpc) is 2.83. The molecule has 20 heavy (non-hydrogen) atoms. The zero-order valence-electron chi connectivity index (χ0n) is 11.5. The summed E-state index contributed by atoms with van der Waals surface area (Å²) < 4.78 is 38.8. The summed E-state index contributed by atoms with van der Waals surface area (Å²) in [5.74, 6) is 0.367. The number of hydrogen-bond acceptors (Lipinski definition) is 1. The van der Waals surface area contributed by atoms with E-state index in [1.807, 2.05) is 13.8 Å². The summed E-state index contributed by atoms with van der Waals surface area (Å²) in [6.07, 6.45) is -4.42. The third-order valence-corrected chi connectivity index (χ3v) is 2.82. The normalized spacial score (nSPS) is 10.9. The van der Waals surface area contributed by atoms with Crippen LogP contribution in [0.15, 0.2) is 30.3 Å². The van der Waals surface area contributed by atoms with Gasteiger partial charge in [0.15, 0.2) is 5.69 Å². The van der Waals surface area contributed by atoms with Crippen molar-refractivity contribution in [1.29, 1.82) is 0 Å². The summed E-state index contributed by atoms with van der Waals surface area (Å²) in [6, 6.07) is 7.93. The van der Waals surface area contributed by atoms with Gasteiger partial charge in [0.05, 0.1) is 5.69 Å². The summed E-state index contributed by atoms with van der Waals surface area (Å²) in [6.45, 7) is 5.58. The van der Waals surface area contributed by atoms with Crippen LogP contribution in [0, 0.1) is 6.92 Å². The number of rotatable bonds is 2. The van der Waals surface area contributed by atoms with Crippen LogP contribution in [0.3, 0.4) is 0 Å². The molecule has 0 bridgehead atoms. The number of aryl methyl sites for hydroxylation is 1. The summed E-state index contributed by atoms with van der Waals surface area (Å²) in [5.41, 5.74) is 1.03. The molecule has 0 spiro atoms.